The predicted molar refractivity (Wildman–Crippen MR) is 87.0 cm³/mol. The molecule has 2 aliphatic heterocycles. The third kappa shape index (κ3) is 3.29. The molecule has 2 aromatic heterocycles. The lowest BCUT2D eigenvalue weighted by atomic mass is 10.4. The molecule has 0 bridgehead atoms. The summed E-state index contributed by atoms with van der Waals surface area (Å²) in [5, 5.41) is 1.73. The van der Waals surface area contributed by atoms with E-state index in [4.69, 9.17) is 4.74 Å². The zero-order chi connectivity index (χ0) is 18.1. The number of hydrogen-bond donors (Lipinski definition) is 1. The number of alkyl halides is 3. The molecule has 0 saturated carbocycles. The Labute approximate surface area is 146 Å². The SMILES string of the molecule is FC(F)(F)c1cn(C2=CNN(c3cc(N4CCOCC4)ncn3)C2)cn1. The minimum atomic E-state index is -4.46. The van der Waals surface area contributed by atoms with Crippen molar-refractivity contribution in [1.82, 2.24) is 24.9 Å². The molecule has 11 heteroatoms. The zero-order valence-corrected chi connectivity index (χ0v) is 13.6. The number of ether oxygens (including phenoxy) is 1. The number of hydrogen-bond acceptors (Lipinski definition) is 7. The summed E-state index contributed by atoms with van der Waals surface area (Å²) in [6, 6.07) is 1.84. The van der Waals surface area contributed by atoms with Gasteiger partial charge in [0.05, 0.1) is 31.8 Å². The lowest BCUT2D eigenvalue weighted by molar-refractivity contribution is -0.140. The average Bonchev–Trinajstić information content (AvgIpc) is 3.32. The summed E-state index contributed by atoms with van der Waals surface area (Å²) >= 11 is 0. The maximum Gasteiger partial charge on any atom is 0.434 e. The van der Waals surface area contributed by atoms with Crippen molar-refractivity contribution in [2.45, 2.75) is 6.18 Å². The van der Waals surface area contributed by atoms with Crippen LogP contribution in [0.25, 0.3) is 5.70 Å². The van der Waals surface area contributed by atoms with Crippen LogP contribution in [0.15, 0.2) is 31.1 Å². The number of morpholine rings is 1. The van der Waals surface area contributed by atoms with E-state index in [1.54, 1.807) is 11.2 Å². The number of rotatable bonds is 3. The molecule has 1 fully saturated rings. The van der Waals surface area contributed by atoms with Gasteiger partial charge in [-0.05, 0) is 0 Å². The van der Waals surface area contributed by atoms with E-state index in [-0.39, 0.29) is 0 Å². The maximum atomic E-state index is 12.7. The van der Waals surface area contributed by atoms with E-state index in [0.29, 0.717) is 31.3 Å². The Hall–Kier alpha value is -2.82. The van der Waals surface area contributed by atoms with Gasteiger partial charge in [-0.1, -0.05) is 0 Å². The van der Waals surface area contributed by atoms with Gasteiger partial charge in [0.15, 0.2) is 11.5 Å². The normalized spacial score (nSPS) is 18.0. The molecule has 0 radical (unpaired) electrons. The number of imidazole rings is 1. The lowest BCUT2D eigenvalue weighted by Gasteiger charge is -2.28. The van der Waals surface area contributed by atoms with Crippen molar-refractivity contribution in [2.24, 2.45) is 0 Å². The maximum absolute atomic E-state index is 12.7. The summed E-state index contributed by atoms with van der Waals surface area (Å²) in [6.07, 6.45) is 0.753. The van der Waals surface area contributed by atoms with Gasteiger partial charge in [-0.15, -0.1) is 0 Å². The first-order valence-electron chi connectivity index (χ1n) is 8.00. The number of aromatic nitrogens is 4. The Morgan fingerprint density at radius 1 is 1.08 bits per heavy atom. The first-order chi connectivity index (χ1) is 12.5. The topological polar surface area (TPSA) is 71.3 Å². The summed E-state index contributed by atoms with van der Waals surface area (Å²) in [5.41, 5.74) is 2.71. The lowest BCUT2D eigenvalue weighted by Crippen LogP contribution is -2.37. The fourth-order valence-corrected chi connectivity index (χ4v) is 2.79. The third-order valence-corrected chi connectivity index (χ3v) is 4.16. The van der Waals surface area contributed by atoms with Crippen LogP contribution in [0.3, 0.4) is 0 Å². The highest BCUT2D eigenvalue weighted by Gasteiger charge is 2.34. The molecule has 0 amide bonds. The van der Waals surface area contributed by atoms with E-state index < -0.39 is 11.9 Å². The molecule has 0 atom stereocenters. The van der Waals surface area contributed by atoms with Crippen LogP contribution in [0.1, 0.15) is 5.69 Å². The Kier molecular flexibility index (Phi) is 4.15. The second-order valence-electron chi connectivity index (χ2n) is 5.85. The summed E-state index contributed by atoms with van der Waals surface area (Å²) in [4.78, 5) is 14.0. The Morgan fingerprint density at radius 2 is 1.85 bits per heavy atom. The molecule has 2 aliphatic rings. The van der Waals surface area contributed by atoms with Crippen molar-refractivity contribution in [1.29, 1.82) is 0 Å². The molecule has 0 spiro atoms. The molecule has 26 heavy (non-hydrogen) atoms. The van der Waals surface area contributed by atoms with E-state index in [1.807, 2.05) is 6.07 Å². The second kappa shape index (κ2) is 6.48. The minimum Gasteiger partial charge on any atom is -0.378 e. The van der Waals surface area contributed by atoms with E-state index in [1.165, 1.54) is 10.9 Å². The van der Waals surface area contributed by atoms with Crippen LogP contribution in [0, 0.1) is 0 Å². The number of halogens is 3. The van der Waals surface area contributed by atoms with Gasteiger partial charge in [0.1, 0.15) is 12.1 Å². The average molecular weight is 367 g/mol. The summed E-state index contributed by atoms with van der Waals surface area (Å²) in [7, 11) is 0. The van der Waals surface area contributed by atoms with Gasteiger partial charge in [-0.3, -0.25) is 5.01 Å². The monoisotopic (exact) mass is 367 g/mol. The van der Waals surface area contributed by atoms with E-state index in [0.717, 1.165) is 31.4 Å². The van der Waals surface area contributed by atoms with Crippen LogP contribution < -0.4 is 15.3 Å². The summed E-state index contributed by atoms with van der Waals surface area (Å²) in [6.45, 7) is 3.14. The number of anilines is 2. The molecule has 1 saturated heterocycles. The Bertz CT molecular complexity index is 814. The second-order valence-corrected chi connectivity index (χ2v) is 5.85. The van der Waals surface area contributed by atoms with E-state index in [2.05, 4.69) is 25.3 Å². The van der Waals surface area contributed by atoms with Crippen molar-refractivity contribution in [3.8, 4) is 0 Å². The highest BCUT2D eigenvalue weighted by molar-refractivity contribution is 5.60. The van der Waals surface area contributed by atoms with Crippen molar-refractivity contribution < 1.29 is 17.9 Å². The van der Waals surface area contributed by atoms with Gasteiger partial charge in [-0.25, -0.2) is 15.0 Å². The fourth-order valence-electron chi connectivity index (χ4n) is 2.79. The smallest absolute Gasteiger partial charge is 0.378 e. The van der Waals surface area contributed by atoms with Gasteiger partial charge >= 0.3 is 6.18 Å². The van der Waals surface area contributed by atoms with Crippen LogP contribution in [0.5, 0.6) is 0 Å². The Balaban J connectivity index is 1.47. The molecule has 1 N–H and O–H groups in total. The molecular weight excluding hydrogens is 351 g/mol. The largest absolute Gasteiger partial charge is 0.434 e. The molecule has 4 rings (SSSR count). The highest BCUT2D eigenvalue weighted by atomic mass is 19.4. The van der Waals surface area contributed by atoms with Gasteiger partial charge < -0.3 is 19.6 Å². The number of nitrogens with one attached hydrogen (secondary N) is 1. The van der Waals surface area contributed by atoms with Crippen molar-refractivity contribution in [2.75, 3.05) is 42.8 Å². The Morgan fingerprint density at radius 3 is 2.58 bits per heavy atom. The zero-order valence-electron chi connectivity index (χ0n) is 13.6. The van der Waals surface area contributed by atoms with Crippen molar-refractivity contribution in [3.05, 3.63) is 36.8 Å². The van der Waals surface area contributed by atoms with Crippen molar-refractivity contribution in [3.63, 3.8) is 0 Å². The quantitative estimate of drug-likeness (QED) is 0.878. The molecule has 2 aromatic rings. The predicted octanol–water partition coefficient (Wildman–Crippen LogP) is 1.35. The van der Waals surface area contributed by atoms with Crippen LogP contribution >= 0.6 is 0 Å². The van der Waals surface area contributed by atoms with Crippen LogP contribution in [-0.2, 0) is 10.9 Å². The number of nitrogens with zero attached hydrogens (tertiary/aromatic N) is 6. The van der Waals surface area contributed by atoms with Gasteiger partial charge in [-0.2, -0.15) is 13.2 Å². The summed E-state index contributed by atoms with van der Waals surface area (Å²) in [5.74, 6) is 1.42. The third-order valence-electron chi connectivity index (χ3n) is 4.16. The molecule has 4 heterocycles. The fraction of sp³-hybridized carbons (Fsp3) is 0.400. The molecule has 0 aliphatic carbocycles. The van der Waals surface area contributed by atoms with Gasteiger partial charge in [0, 0.05) is 31.6 Å². The van der Waals surface area contributed by atoms with Gasteiger partial charge in [0.25, 0.3) is 0 Å². The molecule has 138 valence electrons. The highest BCUT2D eigenvalue weighted by Crippen LogP contribution is 2.28. The molecule has 8 nitrogen and oxygen atoms in total. The van der Waals surface area contributed by atoms with Crippen LogP contribution in [0.2, 0.25) is 0 Å². The van der Waals surface area contributed by atoms with Crippen LogP contribution in [-0.4, -0.2) is 52.4 Å². The van der Waals surface area contributed by atoms with Crippen molar-refractivity contribution >= 4 is 17.3 Å². The minimum absolute atomic E-state index is 0.340. The standard InChI is InChI=1S/C15H16F3N7O/c16-15(17,18)12-8-24(10-21-12)11-6-22-25(7-11)14-5-13(19-9-20-14)23-1-3-26-4-2-23/h5-6,8-10,22H,1-4,7H2. The number of hydrazine groups is 1. The van der Waals surface area contributed by atoms with Crippen LogP contribution in [0.4, 0.5) is 24.8 Å². The first-order valence-corrected chi connectivity index (χ1v) is 8.00. The first kappa shape index (κ1) is 16.6. The molecule has 0 unspecified atom stereocenters. The molecule has 0 aromatic carbocycles. The summed E-state index contributed by atoms with van der Waals surface area (Å²) < 4.78 is 44.8. The molecular formula is C15H16F3N7O. The van der Waals surface area contributed by atoms with Gasteiger partial charge in [0.2, 0.25) is 0 Å². The van der Waals surface area contributed by atoms with E-state index >= 15 is 0 Å². The van der Waals surface area contributed by atoms with E-state index in [9.17, 15) is 13.2 Å².